The van der Waals surface area contributed by atoms with Gasteiger partial charge in [-0.05, 0) is 25.1 Å². The first-order chi connectivity index (χ1) is 10.9. The Hall–Kier alpha value is -2.18. The maximum Gasteiger partial charge on any atom is 0.274 e. The minimum Gasteiger partial charge on any atom is -0.321 e. The molecule has 3 aromatic rings. The molecule has 0 fully saturated rings. The third kappa shape index (κ3) is 2.87. The van der Waals surface area contributed by atoms with Crippen LogP contribution in [0.2, 0.25) is 10.0 Å². The molecule has 2 aromatic heterocycles. The lowest BCUT2D eigenvalue weighted by Gasteiger charge is -2.07. The number of aryl methyl sites for hydroxylation is 1. The van der Waals surface area contributed by atoms with E-state index in [2.05, 4.69) is 10.3 Å². The van der Waals surface area contributed by atoms with Gasteiger partial charge in [-0.1, -0.05) is 23.2 Å². The second kappa shape index (κ2) is 5.79. The van der Waals surface area contributed by atoms with Gasteiger partial charge in [0, 0.05) is 18.0 Å². The molecule has 2 heterocycles. The zero-order valence-corrected chi connectivity index (χ0v) is 13.2. The number of carbonyl (C=O) groups is 1. The number of fused-ring (bicyclic) bond motifs is 1. The lowest BCUT2D eigenvalue weighted by atomic mass is 10.2. The molecule has 0 aliphatic heterocycles. The van der Waals surface area contributed by atoms with E-state index in [1.165, 1.54) is 22.7 Å². The molecule has 0 radical (unpaired) electrons. The fraction of sp³-hybridized carbons (Fsp3) is 0.0667. The minimum atomic E-state index is -1.05. The quantitative estimate of drug-likeness (QED) is 0.736. The van der Waals surface area contributed by atoms with E-state index in [9.17, 15) is 13.6 Å². The molecule has 8 heteroatoms. The van der Waals surface area contributed by atoms with E-state index in [0.717, 1.165) is 12.1 Å². The van der Waals surface area contributed by atoms with E-state index in [-0.39, 0.29) is 11.4 Å². The number of hydrogen-bond acceptors (Lipinski definition) is 2. The number of pyridine rings is 1. The molecular formula is C15H9Cl2F2N3O. The molecule has 0 atom stereocenters. The Morgan fingerprint density at radius 3 is 2.65 bits per heavy atom. The van der Waals surface area contributed by atoms with Crippen molar-refractivity contribution in [2.75, 3.05) is 5.32 Å². The fourth-order valence-corrected chi connectivity index (χ4v) is 2.74. The molecule has 0 spiro atoms. The van der Waals surface area contributed by atoms with Gasteiger partial charge in [0.2, 0.25) is 0 Å². The Labute approximate surface area is 139 Å². The van der Waals surface area contributed by atoms with Crippen LogP contribution >= 0.6 is 23.2 Å². The Bertz CT molecular complexity index is 940. The number of imidazole rings is 1. The molecule has 4 nitrogen and oxygen atoms in total. The molecule has 0 saturated carbocycles. The highest BCUT2D eigenvalue weighted by atomic mass is 35.5. The summed E-state index contributed by atoms with van der Waals surface area (Å²) >= 11 is 12.0. The molecule has 0 aliphatic carbocycles. The third-order valence-electron chi connectivity index (χ3n) is 3.21. The summed E-state index contributed by atoms with van der Waals surface area (Å²) in [6, 6.07) is 4.60. The highest BCUT2D eigenvalue weighted by Gasteiger charge is 2.19. The zero-order chi connectivity index (χ0) is 16.7. The number of aromatic nitrogens is 2. The smallest absolute Gasteiger partial charge is 0.274 e. The second-order valence-electron chi connectivity index (χ2n) is 4.83. The molecule has 0 saturated heterocycles. The van der Waals surface area contributed by atoms with Crippen molar-refractivity contribution in [2.24, 2.45) is 0 Å². The van der Waals surface area contributed by atoms with Crippen LogP contribution in [-0.2, 0) is 0 Å². The summed E-state index contributed by atoms with van der Waals surface area (Å²) < 4.78 is 27.6. The molecule has 3 rings (SSSR count). The molecule has 23 heavy (non-hydrogen) atoms. The van der Waals surface area contributed by atoms with Crippen molar-refractivity contribution in [3.05, 3.63) is 63.5 Å². The van der Waals surface area contributed by atoms with E-state index in [0.29, 0.717) is 21.4 Å². The number of anilines is 1. The van der Waals surface area contributed by atoms with Crippen LogP contribution in [0.3, 0.4) is 0 Å². The molecule has 0 bridgehead atoms. The molecular weight excluding hydrogens is 347 g/mol. The van der Waals surface area contributed by atoms with Crippen molar-refractivity contribution in [2.45, 2.75) is 6.92 Å². The van der Waals surface area contributed by atoms with Gasteiger partial charge in [-0.3, -0.25) is 9.20 Å². The standard InChI is InChI=1S/C15H9Cl2F2N3O/c1-7-13(22-6-8(16)4-10(17)14(22)20-7)15(23)21-9-2-3-11(18)12(19)5-9/h2-6H,1H3,(H,21,23). The van der Waals surface area contributed by atoms with Gasteiger partial charge in [-0.15, -0.1) is 0 Å². The monoisotopic (exact) mass is 355 g/mol. The van der Waals surface area contributed by atoms with Crippen LogP contribution in [0, 0.1) is 18.6 Å². The van der Waals surface area contributed by atoms with Crippen LogP contribution in [0.15, 0.2) is 30.5 Å². The molecule has 0 aliphatic rings. The van der Waals surface area contributed by atoms with Crippen LogP contribution in [0.25, 0.3) is 5.65 Å². The average Bonchev–Trinajstić information content (AvgIpc) is 2.79. The van der Waals surface area contributed by atoms with Crippen LogP contribution in [0.1, 0.15) is 16.2 Å². The number of halogens is 4. The van der Waals surface area contributed by atoms with E-state index >= 15 is 0 Å². The summed E-state index contributed by atoms with van der Waals surface area (Å²) in [4.78, 5) is 16.7. The SMILES string of the molecule is Cc1nc2c(Cl)cc(Cl)cn2c1C(=O)Nc1ccc(F)c(F)c1. The minimum absolute atomic E-state index is 0.122. The van der Waals surface area contributed by atoms with Crippen molar-refractivity contribution in [3.63, 3.8) is 0 Å². The summed E-state index contributed by atoms with van der Waals surface area (Å²) in [6.07, 6.45) is 1.50. The predicted octanol–water partition coefficient (Wildman–Crippen LogP) is 4.48. The molecule has 1 amide bonds. The van der Waals surface area contributed by atoms with Crippen LogP contribution in [0.5, 0.6) is 0 Å². The Morgan fingerprint density at radius 2 is 1.96 bits per heavy atom. The number of hydrogen-bond donors (Lipinski definition) is 1. The van der Waals surface area contributed by atoms with Gasteiger partial charge in [-0.25, -0.2) is 13.8 Å². The predicted molar refractivity (Wildman–Crippen MR) is 84.3 cm³/mol. The van der Waals surface area contributed by atoms with Gasteiger partial charge in [0.25, 0.3) is 5.91 Å². The topological polar surface area (TPSA) is 46.4 Å². The van der Waals surface area contributed by atoms with E-state index in [4.69, 9.17) is 23.2 Å². The average molecular weight is 356 g/mol. The Kier molecular flexibility index (Phi) is 3.95. The molecule has 1 N–H and O–H groups in total. The van der Waals surface area contributed by atoms with Gasteiger partial charge in [0.05, 0.1) is 15.7 Å². The van der Waals surface area contributed by atoms with Crippen molar-refractivity contribution in [3.8, 4) is 0 Å². The highest BCUT2D eigenvalue weighted by molar-refractivity contribution is 6.36. The molecule has 118 valence electrons. The van der Waals surface area contributed by atoms with Gasteiger partial charge in [0.1, 0.15) is 5.69 Å². The van der Waals surface area contributed by atoms with Gasteiger partial charge in [0.15, 0.2) is 17.3 Å². The summed E-state index contributed by atoms with van der Waals surface area (Å²) in [5.74, 6) is -2.59. The summed E-state index contributed by atoms with van der Waals surface area (Å²) in [5, 5.41) is 3.13. The first-order valence-corrected chi connectivity index (χ1v) is 7.22. The summed E-state index contributed by atoms with van der Waals surface area (Å²) in [7, 11) is 0. The number of amides is 1. The maximum absolute atomic E-state index is 13.2. The van der Waals surface area contributed by atoms with E-state index in [1.807, 2.05) is 0 Å². The summed E-state index contributed by atoms with van der Waals surface area (Å²) in [5.41, 5.74) is 1.13. The van der Waals surface area contributed by atoms with Crippen LogP contribution in [-0.4, -0.2) is 15.3 Å². The van der Waals surface area contributed by atoms with Crippen LogP contribution in [0.4, 0.5) is 14.5 Å². The van der Waals surface area contributed by atoms with Gasteiger partial charge < -0.3 is 5.32 Å². The summed E-state index contributed by atoms with van der Waals surface area (Å²) in [6.45, 7) is 1.64. The van der Waals surface area contributed by atoms with Crippen LogP contribution < -0.4 is 5.32 Å². The lowest BCUT2D eigenvalue weighted by Crippen LogP contribution is -2.15. The Balaban J connectivity index is 2.04. The fourth-order valence-electron chi connectivity index (χ4n) is 2.22. The number of carbonyl (C=O) groups excluding carboxylic acids is 1. The third-order valence-corrected chi connectivity index (χ3v) is 3.69. The van der Waals surface area contributed by atoms with Crippen molar-refractivity contribution in [1.29, 1.82) is 0 Å². The largest absolute Gasteiger partial charge is 0.321 e. The van der Waals surface area contributed by atoms with Crippen molar-refractivity contribution >= 4 is 40.4 Å². The van der Waals surface area contributed by atoms with Gasteiger partial charge >= 0.3 is 0 Å². The number of benzene rings is 1. The first kappa shape index (κ1) is 15.7. The maximum atomic E-state index is 13.2. The van der Waals surface area contributed by atoms with Gasteiger partial charge in [-0.2, -0.15) is 0 Å². The first-order valence-electron chi connectivity index (χ1n) is 6.47. The molecule has 1 aromatic carbocycles. The normalized spacial score (nSPS) is 11.0. The second-order valence-corrected chi connectivity index (χ2v) is 5.67. The van der Waals surface area contributed by atoms with E-state index < -0.39 is 17.5 Å². The Morgan fingerprint density at radius 1 is 1.22 bits per heavy atom. The van der Waals surface area contributed by atoms with Crippen molar-refractivity contribution < 1.29 is 13.6 Å². The van der Waals surface area contributed by atoms with E-state index in [1.54, 1.807) is 6.92 Å². The highest BCUT2D eigenvalue weighted by Crippen LogP contribution is 2.25. The number of nitrogens with zero attached hydrogens (tertiary/aromatic N) is 2. The lowest BCUT2D eigenvalue weighted by molar-refractivity contribution is 0.102. The zero-order valence-electron chi connectivity index (χ0n) is 11.7. The number of nitrogens with one attached hydrogen (secondary N) is 1. The molecule has 0 unspecified atom stereocenters. The van der Waals surface area contributed by atoms with Crippen molar-refractivity contribution in [1.82, 2.24) is 9.38 Å². The number of rotatable bonds is 2.